The van der Waals surface area contributed by atoms with Crippen molar-refractivity contribution < 1.29 is 9.59 Å². The highest BCUT2D eigenvalue weighted by Gasteiger charge is 2.42. The molecule has 0 aromatic rings. The summed E-state index contributed by atoms with van der Waals surface area (Å²) in [6.07, 6.45) is 3.53. The van der Waals surface area contributed by atoms with E-state index < -0.39 is 6.04 Å². The van der Waals surface area contributed by atoms with Crippen LogP contribution in [-0.2, 0) is 9.59 Å². The van der Waals surface area contributed by atoms with Crippen LogP contribution in [0.5, 0.6) is 0 Å². The highest BCUT2D eigenvalue weighted by atomic mass is 16.2. The van der Waals surface area contributed by atoms with Crippen molar-refractivity contribution in [3.63, 3.8) is 0 Å². The molecule has 1 rings (SSSR count). The number of carbonyl (C=O) groups excluding carboxylic acids is 2. The smallest absolute Gasteiger partial charge is 0.239 e. The van der Waals surface area contributed by atoms with E-state index >= 15 is 0 Å². The third-order valence-electron chi connectivity index (χ3n) is 3.90. The van der Waals surface area contributed by atoms with Gasteiger partial charge < -0.3 is 16.4 Å². The standard InChI is InChI=1S/C15H29N3O2/c1-10(2)7-15(5-6-15)9-18-12(19)8-17-14(20)13(16)11(3)4/h10-11,13H,5-9,16H2,1-4H3,(H,17,20)(H,18,19)/t13-/m0/s1. The molecular weight excluding hydrogens is 254 g/mol. The van der Waals surface area contributed by atoms with E-state index in [1.807, 2.05) is 13.8 Å². The molecule has 5 heteroatoms. The summed E-state index contributed by atoms with van der Waals surface area (Å²) in [6, 6.07) is -0.557. The van der Waals surface area contributed by atoms with Crippen LogP contribution in [0.15, 0.2) is 0 Å². The molecule has 1 aliphatic carbocycles. The molecule has 0 aliphatic heterocycles. The maximum atomic E-state index is 11.7. The van der Waals surface area contributed by atoms with Gasteiger partial charge in [-0.25, -0.2) is 0 Å². The minimum Gasteiger partial charge on any atom is -0.354 e. The topological polar surface area (TPSA) is 84.2 Å². The maximum absolute atomic E-state index is 11.7. The van der Waals surface area contributed by atoms with Gasteiger partial charge in [-0.3, -0.25) is 9.59 Å². The van der Waals surface area contributed by atoms with E-state index in [9.17, 15) is 9.59 Å². The Hall–Kier alpha value is -1.10. The van der Waals surface area contributed by atoms with E-state index in [1.165, 1.54) is 12.8 Å². The number of hydrogen-bond donors (Lipinski definition) is 3. The lowest BCUT2D eigenvalue weighted by Crippen LogP contribution is -2.47. The fraction of sp³-hybridized carbons (Fsp3) is 0.867. The third-order valence-corrected chi connectivity index (χ3v) is 3.90. The number of amides is 2. The highest BCUT2D eigenvalue weighted by molar-refractivity contribution is 5.87. The van der Waals surface area contributed by atoms with Gasteiger partial charge in [0.15, 0.2) is 0 Å². The summed E-state index contributed by atoms with van der Waals surface area (Å²) in [6.45, 7) is 8.90. The average molecular weight is 283 g/mol. The second-order valence-electron chi connectivity index (χ2n) is 6.86. The van der Waals surface area contributed by atoms with Crippen molar-refractivity contribution in [3.05, 3.63) is 0 Å². The molecule has 1 saturated carbocycles. The Morgan fingerprint density at radius 1 is 1.15 bits per heavy atom. The predicted molar refractivity (Wildman–Crippen MR) is 80.0 cm³/mol. The molecule has 1 fully saturated rings. The van der Waals surface area contributed by atoms with Crippen LogP contribution < -0.4 is 16.4 Å². The molecule has 4 N–H and O–H groups in total. The first-order valence-electron chi connectivity index (χ1n) is 7.56. The molecule has 2 amide bonds. The number of nitrogens with one attached hydrogen (secondary N) is 2. The molecule has 116 valence electrons. The highest BCUT2D eigenvalue weighted by Crippen LogP contribution is 2.49. The SMILES string of the molecule is CC(C)CC1(CNC(=O)CNC(=O)[C@@H](N)C(C)C)CC1. The van der Waals surface area contributed by atoms with Crippen LogP contribution in [0.4, 0.5) is 0 Å². The molecule has 0 spiro atoms. The number of nitrogens with two attached hydrogens (primary N) is 1. The molecule has 5 nitrogen and oxygen atoms in total. The van der Waals surface area contributed by atoms with Gasteiger partial charge in [0.05, 0.1) is 12.6 Å². The first-order chi connectivity index (χ1) is 9.26. The Morgan fingerprint density at radius 3 is 2.20 bits per heavy atom. The van der Waals surface area contributed by atoms with Crippen molar-refractivity contribution in [2.24, 2.45) is 23.0 Å². The number of carbonyl (C=O) groups is 2. The van der Waals surface area contributed by atoms with Gasteiger partial charge in [-0.2, -0.15) is 0 Å². The molecular formula is C15H29N3O2. The number of hydrogen-bond acceptors (Lipinski definition) is 3. The van der Waals surface area contributed by atoms with Gasteiger partial charge in [0.25, 0.3) is 0 Å². The monoisotopic (exact) mass is 283 g/mol. The van der Waals surface area contributed by atoms with E-state index in [0.29, 0.717) is 11.3 Å². The largest absolute Gasteiger partial charge is 0.354 e. The first-order valence-corrected chi connectivity index (χ1v) is 7.56. The lowest BCUT2D eigenvalue weighted by Gasteiger charge is -2.19. The Kier molecular flexibility index (Phi) is 5.99. The molecule has 1 atom stereocenters. The first kappa shape index (κ1) is 17.0. The molecule has 0 bridgehead atoms. The second kappa shape index (κ2) is 7.07. The van der Waals surface area contributed by atoms with Gasteiger partial charge in [-0.15, -0.1) is 0 Å². The third kappa shape index (κ3) is 5.49. The van der Waals surface area contributed by atoms with Gasteiger partial charge in [-0.1, -0.05) is 27.7 Å². The van der Waals surface area contributed by atoms with E-state index in [1.54, 1.807) is 0 Å². The summed E-state index contributed by atoms with van der Waals surface area (Å²) in [5.74, 6) is 0.319. The van der Waals surface area contributed by atoms with Crippen molar-refractivity contribution in [1.29, 1.82) is 0 Å². The molecule has 0 radical (unpaired) electrons. The van der Waals surface area contributed by atoms with Crippen molar-refractivity contribution >= 4 is 11.8 Å². The molecule has 0 unspecified atom stereocenters. The molecule has 0 aromatic carbocycles. The van der Waals surface area contributed by atoms with E-state index in [4.69, 9.17) is 5.73 Å². The minimum absolute atomic E-state index is 0.0109. The second-order valence-corrected chi connectivity index (χ2v) is 6.86. The Balaban J connectivity index is 2.23. The van der Waals surface area contributed by atoms with Crippen LogP contribution in [0.25, 0.3) is 0 Å². The number of rotatable bonds is 8. The average Bonchev–Trinajstić information content (AvgIpc) is 3.11. The lowest BCUT2D eigenvalue weighted by atomic mass is 9.94. The summed E-state index contributed by atoms with van der Waals surface area (Å²) >= 11 is 0. The molecule has 0 aromatic heterocycles. The van der Waals surface area contributed by atoms with Crippen molar-refractivity contribution in [3.8, 4) is 0 Å². The molecule has 0 heterocycles. The molecule has 20 heavy (non-hydrogen) atoms. The Morgan fingerprint density at radius 2 is 1.75 bits per heavy atom. The summed E-state index contributed by atoms with van der Waals surface area (Å²) in [5.41, 5.74) is 6.02. The van der Waals surface area contributed by atoms with Crippen molar-refractivity contribution in [1.82, 2.24) is 10.6 Å². The van der Waals surface area contributed by atoms with E-state index in [-0.39, 0.29) is 24.3 Å². The summed E-state index contributed by atoms with van der Waals surface area (Å²) in [7, 11) is 0. The fourth-order valence-corrected chi connectivity index (χ4v) is 2.43. The lowest BCUT2D eigenvalue weighted by molar-refractivity contribution is -0.127. The Labute approximate surface area is 122 Å². The van der Waals surface area contributed by atoms with Crippen LogP contribution in [0.2, 0.25) is 0 Å². The van der Waals surface area contributed by atoms with Crippen LogP contribution in [0, 0.1) is 17.3 Å². The quantitative estimate of drug-likeness (QED) is 0.622. The van der Waals surface area contributed by atoms with Crippen LogP contribution in [0.3, 0.4) is 0 Å². The zero-order chi connectivity index (χ0) is 15.3. The molecule has 1 aliphatic rings. The van der Waals surface area contributed by atoms with E-state index in [0.717, 1.165) is 13.0 Å². The predicted octanol–water partition coefficient (Wildman–Crippen LogP) is 1.03. The van der Waals surface area contributed by atoms with Gasteiger partial charge in [0, 0.05) is 6.54 Å². The molecule has 0 saturated heterocycles. The van der Waals surface area contributed by atoms with Gasteiger partial charge >= 0.3 is 0 Å². The van der Waals surface area contributed by atoms with Gasteiger partial charge in [0.2, 0.25) is 11.8 Å². The van der Waals surface area contributed by atoms with Crippen LogP contribution >= 0.6 is 0 Å². The van der Waals surface area contributed by atoms with Gasteiger partial charge in [0.1, 0.15) is 0 Å². The zero-order valence-electron chi connectivity index (χ0n) is 13.2. The van der Waals surface area contributed by atoms with Crippen LogP contribution in [0.1, 0.15) is 47.0 Å². The normalized spacial score (nSPS) is 17.9. The van der Waals surface area contributed by atoms with Crippen LogP contribution in [-0.4, -0.2) is 30.9 Å². The summed E-state index contributed by atoms with van der Waals surface area (Å²) in [5, 5.41) is 5.50. The summed E-state index contributed by atoms with van der Waals surface area (Å²) < 4.78 is 0. The maximum Gasteiger partial charge on any atom is 0.239 e. The fourth-order valence-electron chi connectivity index (χ4n) is 2.43. The van der Waals surface area contributed by atoms with E-state index in [2.05, 4.69) is 24.5 Å². The zero-order valence-corrected chi connectivity index (χ0v) is 13.2. The van der Waals surface area contributed by atoms with Crippen molar-refractivity contribution in [2.45, 2.75) is 53.0 Å². The minimum atomic E-state index is -0.557. The van der Waals surface area contributed by atoms with Crippen molar-refractivity contribution in [2.75, 3.05) is 13.1 Å². The Bertz CT molecular complexity index is 349. The summed E-state index contributed by atoms with van der Waals surface area (Å²) in [4.78, 5) is 23.4. The van der Waals surface area contributed by atoms with Gasteiger partial charge in [-0.05, 0) is 36.5 Å².